The van der Waals surface area contributed by atoms with Gasteiger partial charge in [-0.05, 0) is 56.3 Å². The minimum absolute atomic E-state index is 0.0291. The highest BCUT2D eigenvalue weighted by molar-refractivity contribution is 6.11. The Morgan fingerprint density at radius 1 is 0.474 bits per heavy atom. The van der Waals surface area contributed by atoms with E-state index in [-0.39, 0.29) is 6.04 Å². The van der Waals surface area contributed by atoms with Crippen molar-refractivity contribution in [3.8, 4) is 22.3 Å². The molecule has 2 heteroatoms. The number of nitrogens with one attached hydrogen (secondary N) is 1. The maximum absolute atomic E-state index is 5.18. The quantitative estimate of drug-likeness (QED) is 0.264. The third-order valence-electron chi connectivity index (χ3n) is 7.33. The third kappa shape index (κ3) is 3.97. The van der Waals surface area contributed by atoms with Gasteiger partial charge in [-0.15, -0.1) is 0 Å². The van der Waals surface area contributed by atoms with Crippen LogP contribution in [0.1, 0.15) is 17.2 Å². The summed E-state index contributed by atoms with van der Waals surface area (Å²) < 4.78 is 0. The molecule has 6 aromatic rings. The highest BCUT2D eigenvalue weighted by atomic mass is 15.0. The average Bonchev–Trinajstić information content (AvgIpc) is 3.01. The molecule has 0 fully saturated rings. The number of nitrogens with zero attached hydrogens (tertiary/aromatic N) is 1. The van der Waals surface area contributed by atoms with Crippen molar-refractivity contribution in [2.45, 2.75) is 6.04 Å². The lowest BCUT2D eigenvalue weighted by Gasteiger charge is -2.28. The van der Waals surface area contributed by atoms with Crippen molar-refractivity contribution in [3.63, 3.8) is 0 Å². The van der Waals surface area contributed by atoms with E-state index < -0.39 is 0 Å². The van der Waals surface area contributed by atoms with Crippen LogP contribution in [0.4, 0.5) is 11.4 Å². The van der Waals surface area contributed by atoms with Gasteiger partial charge < -0.3 is 5.32 Å². The predicted octanol–water partition coefficient (Wildman–Crippen LogP) is 9.46. The number of anilines is 1. The van der Waals surface area contributed by atoms with E-state index in [4.69, 9.17) is 4.99 Å². The summed E-state index contributed by atoms with van der Waals surface area (Å²) in [7, 11) is 0. The molecule has 0 saturated carbocycles. The fraction of sp³-hybridized carbons (Fsp3) is 0.0278. The first-order chi connectivity index (χ1) is 18.8. The molecule has 0 amide bonds. The molecule has 0 saturated heterocycles. The number of fused-ring (bicyclic) bond motifs is 2. The van der Waals surface area contributed by atoms with E-state index in [1.807, 2.05) is 6.07 Å². The Hall–Kier alpha value is -4.95. The number of rotatable bonds is 4. The third-order valence-corrected chi connectivity index (χ3v) is 7.33. The van der Waals surface area contributed by atoms with Gasteiger partial charge in [-0.2, -0.15) is 0 Å². The Kier molecular flexibility index (Phi) is 5.56. The second-order valence-electron chi connectivity index (χ2n) is 9.66. The monoisotopic (exact) mass is 486 g/mol. The van der Waals surface area contributed by atoms with Crippen LogP contribution in [0.2, 0.25) is 0 Å². The normalized spacial score (nSPS) is 14.4. The van der Waals surface area contributed by atoms with E-state index in [0.29, 0.717) is 0 Å². The topological polar surface area (TPSA) is 24.4 Å². The first-order valence-electron chi connectivity index (χ1n) is 13.0. The number of benzene rings is 6. The first-order valence-corrected chi connectivity index (χ1v) is 13.0. The zero-order valence-electron chi connectivity index (χ0n) is 20.9. The van der Waals surface area contributed by atoms with E-state index in [1.165, 1.54) is 38.6 Å². The molecular formula is C36H26N2. The Morgan fingerprint density at radius 2 is 1.03 bits per heavy atom. The molecule has 0 bridgehead atoms. The van der Waals surface area contributed by atoms with Crippen LogP contribution >= 0.6 is 0 Å². The largest absolute Gasteiger partial charge is 0.371 e. The van der Waals surface area contributed by atoms with Crippen molar-refractivity contribution in [3.05, 3.63) is 157 Å². The molecule has 2 nitrogen and oxygen atoms in total. The summed E-state index contributed by atoms with van der Waals surface area (Å²) in [6.07, 6.45) is 0. The van der Waals surface area contributed by atoms with Gasteiger partial charge in [0.1, 0.15) is 0 Å². The van der Waals surface area contributed by atoms with Crippen LogP contribution in [0.3, 0.4) is 0 Å². The smallest absolute Gasteiger partial charge is 0.0947 e. The number of hydrogen-bond acceptors (Lipinski definition) is 2. The summed E-state index contributed by atoms with van der Waals surface area (Å²) in [6, 6.07) is 51.4. The van der Waals surface area contributed by atoms with Crippen molar-refractivity contribution in [1.82, 2.24) is 0 Å². The summed E-state index contributed by atoms with van der Waals surface area (Å²) in [4.78, 5) is 5.18. The molecule has 0 radical (unpaired) electrons. The summed E-state index contributed by atoms with van der Waals surface area (Å²) >= 11 is 0. The van der Waals surface area contributed by atoms with Crippen molar-refractivity contribution in [1.29, 1.82) is 0 Å². The summed E-state index contributed by atoms with van der Waals surface area (Å²) in [5.74, 6) is 0. The van der Waals surface area contributed by atoms with E-state index in [0.717, 1.165) is 22.6 Å². The van der Waals surface area contributed by atoms with Crippen molar-refractivity contribution < 1.29 is 0 Å². The Balaban J connectivity index is 1.36. The van der Waals surface area contributed by atoms with Gasteiger partial charge in [-0.25, -0.2) is 4.99 Å². The van der Waals surface area contributed by atoms with Crippen LogP contribution in [0.15, 0.2) is 151 Å². The minimum Gasteiger partial charge on any atom is -0.371 e. The van der Waals surface area contributed by atoms with Crippen LogP contribution in [0.5, 0.6) is 0 Å². The van der Waals surface area contributed by atoms with Gasteiger partial charge in [-0.1, -0.05) is 133 Å². The Bertz CT molecular complexity index is 1770. The fourth-order valence-corrected chi connectivity index (χ4v) is 5.48. The van der Waals surface area contributed by atoms with E-state index in [2.05, 4.69) is 145 Å². The van der Waals surface area contributed by atoms with Crippen LogP contribution in [-0.2, 0) is 0 Å². The summed E-state index contributed by atoms with van der Waals surface area (Å²) in [5, 5.41) is 6.33. The molecule has 180 valence electrons. The van der Waals surface area contributed by atoms with Crippen molar-refractivity contribution in [2.75, 3.05) is 5.32 Å². The molecule has 38 heavy (non-hydrogen) atoms. The van der Waals surface area contributed by atoms with Gasteiger partial charge in [0, 0.05) is 0 Å². The van der Waals surface area contributed by atoms with Gasteiger partial charge in [0.2, 0.25) is 0 Å². The molecule has 1 N–H and O–H groups in total. The molecule has 6 aromatic carbocycles. The SMILES string of the molecule is c1ccc(C2=Nc3ccc(-c4ccc(-c5ccccc5)c5ccccc45)cc3NC2c2ccccc2)cc1. The van der Waals surface area contributed by atoms with Crippen molar-refractivity contribution in [2.24, 2.45) is 4.99 Å². The van der Waals surface area contributed by atoms with Gasteiger partial charge in [-0.3, -0.25) is 0 Å². The lowest BCUT2D eigenvalue weighted by Crippen LogP contribution is -2.24. The zero-order valence-corrected chi connectivity index (χ0v) is 20.9. The molecule has 1 heterocycles. The summed E-state index contributed by atoms with van der Waals surface area (Å²) in [5.41, 5.74) is 10.3. The predicted molar refractivity (Wildman–Crippen MR) is 160 cm³/mol. The second-order valence-corrected chi connectivity index (χ2v) is 9.66. The molecular weight excluding hydrogens is 460 g/mol. The maximum atomic E-state index is 5.18. The standard InChI is InChI=1S/C36H26N2/c1-4-12-25(13-5-1)29-21-22-30(32-19-11-10-18-31(29)32)28-20-23-33-34(24-28)38-36(27-16-8-3-9-17-27)35(37-33)26-14-6-2-7-15-26/h1-24,36,38H. The van der Waals surface area contributed by atoms with Crippen LogP contribution in [0, 0.1) is 0 Å². The first kappa shape index (κ1) is 22.3. The molecule has 1 unspecified atom stereocenters. The van der Waals surface area contributed by atoms with Crippen molar-refractivity contribution >= 4 is 27.9 Å². The van der Waals surface area contributed by atoms with Gasteiger partial charge in [0.25, 0.3) is 0 Å². The molecule has 1 aliphatic heterocycles. The highest BCUT2D eigenvalue weighted by Gasteiger charge is 2.25. The number of hydrogen-bond donors (Lipinski definition) is 1. The molecule has 0 aliphatic carbocycles. The maximum Gasteiger partial charge on any atom is 0.0947 e. The molecule has 1 atom stereocenters. The second kappa shape index (κ2) is 9.49. The lowest BCUT2D eigenvalue weighted by atomic mass is 9.91. The molecule has 7 rings (SSSR count). The highest BCUT2D eigenvalue weighted by Crippen LogP contribution is 2.41. The molecule has 0 aromatic heterocycles. The van der Waals surface area contributed by atoms with E-state index in [9.17, 15) is 0 Å². The van der Waals surface area contributed by atoms with Crippen LogP contribution in [-0.4, -0.2) is 5.71 Å². The van der Waals surface area contributed by atoms with Gasteiger partial charge >= 0.3 is 0 Å². The summed E-state index contributed by atoms with van der Waals surface area (Å²) in [6.45, 7) is 0. The van der Waals surface area contributed by atoms with Crippen LogP contribution in [0.25, 0.3) is 33.0 Å². The Morgan fingerprint density at radius 3 is 1.68 bits per heavy atom. The van der Waals surface area contributed by atoms with Gasteiger partial charge in [0.15, 0.2) is 0 Å². The fourth-order valence-electron chi connectivity index (χ4n) is 5.48. The minimum atomic E-state index is -0.0291. The van der Waals surface area contributed by atoms with E-state index in [1.54, 1.807) is 0 Å². The number of aliphatic imine (C=N–C) groups is 1. The van der Waals surface area contributed by atoms with E-state index >= 15 is 0 Å². The van der Waals surface area contributed by atoms with Gasteiger partial charge in [0.05, 0.1) is 23.1 Å². The van der Waals surface area contributed by atoms with Crippen LogP contribution < -0.4 is 5.32 Å². The zero-order chi connectivity index (χ0) is 25.3. The molecule has 0 spiro atoms. The average molecular weight is 487 g/mol. The Labute approximate surface area is 223 Å². The lowest BCUT2D eigenvalue weighted by molar-refractivity contribution is 1.01. The molecule has 1 aliphatic rings.